The summed E-state index contributed by atoms with van der Waals surface area (Å²) in [6.07, 6.45) is 5.13. The molecule has 2 aromatic rings. The number of benzene rings is 2. The molecule has 0 radical (unpaired) electrons. The first-order valence-corrected chi connectivity index (χ1v) is 12.5. The Kier molecular flexibility index (Phi) is 5.33. The second-order valence-electron chi connectivity index (χ2n) is 9.56. The van der Waals surface area contributed by atoms with E-state index in [2.05, 4.69) is 12.2 Å². The average Bonchev–Trinajstić information content (AvgIpc) is 3.63. The van der Waals surface area contributed by atoms with Gasteiger partial charge in [0.2, 0.25) is 0 Å². The number of imide groups is 1. The second kappa shape index (κ2) is 8.19. The molecule has 5 aliphatic rings. The minimum Gasteiger partial charge on any atom is -0.292 e. The van der Waals surface area contributed by atoms with Crippen LogP contribution in [-0.2, 0) is 9.59 Å². The van der Waals surface area contributed by atoms with Gasteiger partial charge in [0.1, 0.15) is 6.54 Å². The largest absolute Gasteiger partial charge is 0.292 e. The zero-order valence-corrected chi connectivity index (χ0v) is 20.5. The molecule has 0 N–H and O–H groups in total. The molecule has 1 aliphatic heterocycles. The monoisotopic (exact) mass is 528 g/mol. The smallest absolute Gasteiger partial charge is 0.273 e. The standard InChI is InChI=1S/C26H19Cl3N2O4/c27-14-4-1-12(2-5-14)21(32)11-30(24(33)13-3-8-19(28)20(29)9-13)31-25(34)22-15-6-7-16(18-10-17(15)18)23(22)26(31)35/h1-9,15-18,22-23H,10-11H2/t15-,16-,17-,18+,22+,23+/m0/s1. The molecule has 3 fully saturated rings. The van der Waals surface area contributed by atoms with E-state index in [1.807, 2.05) is 0 Å². The van der Waals surface area contributed by atoms with Crippen molar-refractivity contribution in [2.45, 2.75) is 6.42 Å². The number of ketones is 1. The first-order chi connectivity index (χ1) is 16.8. The number of carbonyl (C=O) groups excluding carboxylic acids is 4. The van der Waals surface area contributed by atoms with Crippen LogP contribution in [0.4, 0.5) is 0 Å². The summed E-state index contributed by atoms with van der Waals surface area (Å²) in [5.41, 5.74) is 0.420. The second-order valence-corrected chi connectivity index (χ2v) is 10.8. The fraction of sp³-hybridized carbons (Fsp3) is 0.308. The van der Waals surface area contributed by atoms with E-state index in [1.54, 1.807) is 12.1 Å². The van der Waals surface area contributed by atoms with Crippen LogP contribution in [0.2, 0.25) is 15.1 Å². The zero-order chi connectivity index (χ0) is 24.6. The molecule has 2 saturated carbocycles. The van der Waals surface area contributed by atoms with E-state index in [-0.39, 0.29) is 27.4 Å². The number of nitrogens with zero attached hydrogens (tertiary/aromatic N) is 2. The molecular weight excluding hydrogens is 511 g/mol. The summed E-state index contributed by atoms with van der Waals surface area (Å²) in [5, 5.41) is 2.74. The first kappa shape index (κ1) is 22.8. The van der Waals surface area contributed by atoms with E-state index < -0.39 is 41.9 Å². The highest BCUT2D eigenvalue weighted by molar-refractivity contribution is 6.42. The quantitative estimate of drug-likeness (QED) is 0.312. The third-order valence-corrected chi connectivity index (χ3v) is 8.73. The van der Waals surface area contributed by atoms with Gasteiger partial charge < -0.3 is 0 Å². The van der Waals surface area contributed by atoms with Gasteiger partial charge in [0.05, 0.1) is 21.9 Å². The third-order valence-electron chi connectivity index (χ3n) is 7.74. The molecule has 35 heavy (non-hydrogen) atoms. The maximum Gasteiger partial charge on any atom is 0.273 e. The molecule has 0 aromatic heterocycles. The maximum absolute atomic E-state index is 13.7. The minimum atomic E-state index is -0.684. The molecule has 6 atom stereocenters. The fourth-order valence-electron chi connectivity index (χ4n) is 6.05. The highest BCUT2D eigenvalue weighted by atomic mass is 35.5. The number of Topliss-reactive ketones (excluding diaryl/α,β-unsaturated/α-hetero) is 1. The van der Waals surface area contributed by atoms with Crippen LogP contribution in [0.15, 0.2) is 54.6 Å². The van der Waals surface area contributed by atoms with Crippen molar-refractivity contribution < 1.29 is 19.2 Å². The minimum absolute atomic E-state index is 0.00894. The molecule has 2 bridgehead atoms. The van der Waals surface area contributed by atoms with Crippen LogP contribution in [0.5, 0.6) is 0 Å². The molecular formula is C26H19Cl3N2O4. The average molecular weight is 530 g/mol. The number of hydrogen-bond donors (Lipinski definition) is 0. The van der Waals surface area contributed by atoms with Crippen LogP contribution in [-0.4, -0.2) is 40.1 Å². The van der Waals surface area contributed by atoms with E-state index >= 15 is 0 Å². The summed E-state index contributed by atoms with van der Waals surface area (Å²) in [5.74, 6) is -2.17. The number of amides is 3. The lowest BCUT2D eigenvalue weighted by Gasteiger charge is -2.37. The van der Waals surface area contributed by atoms with Crippen molar-refractivity contribution in [3.8, 4) is 0 Å². The summed E-state index contributed by atoms with van der Waals surface area (Å²) in [6.45, 7) is -0.493. The number of hydrazine groups is 1. The molecule has 1 saturated heterocycles. The van der Waals surface area contributed by atoms with Crippen molar-refractivity contribution >= 4 is 58.3 Å². The molecule has 7 rings (SSSR count). The van der Waals surface area contributed by atoms with Gasteiger partial charge in [-0.3, -0.25) is 19.2 Å². The van der Waals surface area contributed by atoms with E-state index in [0.29, 0.717) is 22.4 Å². The lowest BCUT2D eigenvalue weighted by atomic mass is 9.63. The van der Waals surface area contributed by atoms with Crippen molar-refractivity contribution in [2.75, 3.05) is 6.54 Å². The predicted molar refractivity (Wildman–Crippen MR) is 130 cm³/mol. The van der Waals surface area contributed by atoms with Gasteiger partial charge in [-0.05, 0) is 72.6 Å². The summed E-state index contributed by atoms with van der Waals surface area (Å²) in [7, 11) is 0. The molecule has 4 aliphatic carbocycles. The van der Waals surface area contributed by atoms with Crippen molar-refractivity contribution in [1.29, 1.82) is 0 Å². The van der Waals surface area contributed by atoms with Gasteiger partial charge in [-0.25, -0.2) is 5.01 Å². The van der Waals surface area contributed by atoms with Gasteiger partial charge >= 0.3 is 0 Å². The maximum atomic E-state index is 13.7. The van der Waals surface area contributed by atoms with Crippen LogP contribution in [0, 0.1) is 35.5 Å². The van der Waals surface area contributed by atoms with Gasteiger partial charge in [0.25, 0.3) is 17.7 Å². The predicted octanol–water partition coefficient (Wildman–Crippen LogP) is 4.94. The number of allylic oxidation sites excluding steroid dienone is 2. The Morgan fingerprint density at radius 3 is 1.97 bits per heavy atom. The van der Waals surface area contributed by atoms with E-state index in [1.165, 1.54) is 30.3 Å². The van der Waals surface area contributed by atoms with Crippen molar-refractivity contribution in [2.24, 2.45) is 35.5 Å². The normalized spacial score (nSPS) is 29.7. The zero-order valence-electron chi connectivity index (χ0n) is 18.2. The summed E-state index contributed by atoms with van der Waals surface area (Å²) in [6, 6.07) is 10.5. The third kappa shape index (κ3) is 3.53. The summed E-state index contributed by atoms with van der Waals surface area (Å²) >= 11 is 18.1. The van der Waals surface area contributed by atoms with Crippen LogP contribution in [0.1, 0.15) is 27.1 Å². The number of hydrogen-bond acceptors (Lipinski definition) is 4. The van der Waals surface area contributed by atoms with E-state index in [0.717, 1.165) is 16.4 Å². The van der Waals surface area contributed by atoms with Crippen molar-refractivity contribution in [3.63, 3.8) is 0 Å². The lowest BCUT2D eigenvalue weighted by molar-refractivity contribution is -0.154. The Balaban J connectivity index is 1.37. The molecule has 3 amide bonds. The Morgan fingerprint density at radius 1 is 0.829 bits per heavy atom. The highest BCUT2D eigenvalue weighted by Crippen LogP contribution is 2.65. The number of rotatable bonds is 5. The van der Waals surface area contributed by atoms with Crippen LogP contribution in [0.3, 0.4) is 0 Å². The molecule has 6 nitrogen and oxygen atoms in total. The Morgan fingerprint density at radius 2 is 1.40 bits per heavy atom. The van der Waals surface area contributed by atoms with Gasteiger partial charge in [-0.15, -0.1) is 0 Å². The number of carbonyl (C=O) groups is 4. The Bertz CT molecular complexity index is 1290. The van der Waals surface area contributed by atoms with E-state index in [9.17, 15) is 19.2 Å². The molecule has 178 valence electrons. The van der Waals surface area contributed by atoms with Crippen LogP contribution in [0.25, 0.3) is 0 Å². The van der Waals surface area contributed by atoms with Crippen molar-refractivity contribution in [3.05, 3.63) is 80.8 Å². The molecule has 0 spiro atoms. The Hall–Kier alpha value is -2.67. The van der Waals surface area contributed by atoms with Crippen LogP contribution < -0.4 is 0 Å². The molecule has 0 unspecified atom stereocenters. The van der Waals surface area contributed by atoms with Crippen molar-refractivity contribution in [1.82, 2.24) is 10.0 Å². The van der Waals surface area contributed by atoms with Gasteiger partial charge in [-0.1, -0.05) is 47.0 Å². The molecule has 1 heterocycles. The van der Waals surface area contributed by atoms with Gasteiger partial charge in [0, 0.05) is 16.1 Å². The van der Waals surface area contributed by atoms with Crippen LogP contribution >= 0.6 is 34.8 Å². The summed E-state index contributed by atoms with van der Waals surface area (Å²) < 4.78 is 0. The highest BCUT2D eigenvalue weighted by Gasteiger charge is 2.68. The Labute approximate surface area is 216 Å². The fourth-order valence-corrected chi connectivity index (χ4v) is 6.48. The molecule has 2 aromatic carbocycles. The SMILES string of the molecule is O=C(CN(C(=O)c1ccc(Cl)c(Cl)c1)N1C(=O)[C@@H]2[C@H]3C=C[C@@H]([C@@H]4C[C@H]34)[C@H]2C1=O)c1ccc(Cl)cc1. The molecule has 9 heteroatoms. The summed E-state index contributed by atoms with van der Waals surface area (Å²) in [4.78, 5) is 54.1. The number of halogens is 3. The van der Waals surface area contributed by atoms with Gasteiger partial charge in [-0.2, -0.15) is 5.01 Å². The van der Waals surface area contributed by atoms with E-state index in [4.69, 9.17) is 34.8 Å². The first-order valence-electron chi connectivity index (χ1n) is 11.4. The van der Waals surface area contributed by atoms with Gasteiger partial charge in [0.15, 0.2) is 5.78 Å². The lowest BCUT2D eigenvalue weighted by Crippen LogP contribution is -2.52. The topological polar surface area (TPSA) is 74.8 Å².